The molecule has 1 fully saturated rings. The summed E-state index contributed by atoms with van der Waals surface area (Å²) < 4.78 is 0. The van der Waals surface area contributed by atoms with E-state index in [-0.39, 0.29) is 36.9 Å². The van der Waals surface area contributed by atoms with Gasteiger partial charge in [0.25, 0.3) is 0 Å². The van der Waals surface area contributed by atoms with Crippen molar-refractivity contribution < 1.29 is 14.7 Å². The largest absolute Gasteiger partial charge is 0.394 e. The van der Waals surface area contributed by atoms with Gasteiger partial charge in [-0.15, -0.1) is 0 Å². The summed E-state index contributed by atoms with van der Waals surface area (Å²) in [4.78, 5) is 22.8. The first-order chi connectivity index (χ1) is 8.17. The maximum atomic E-state index is 11.4. The second-order valence-electron chi connectivity index (χ2n) is 4.24. The highest BCUT2D eigenvalue weighted by atomic mass is 16.3. The lowest BCUT2D eigenvalue weighted by Crippen LogP contribution is -2.43. The van der Waals surface area contributed by atoms with Crippen molar-refractivity contribution in [3.05, 3.63) is 0 Å². The van der Waals surface area contributed by atoms with Crippen LogP contribution >= 0.6 is 0 Å². The van der Waals surface area contributed by atoms with E-state index in [2.05, 4.69) is 16.0 Å². The van der Waals surface area contributed by atoms with Gasteiger partial charge >= 0.3 is 0 Å². The van der Waals surface area contributed by atoms with Gasteiger partial charge in [0, 0.05) is 12.5 Å². The molecule has 0 bridgehead atoms. The Kier molecular flexibility index (Phi) is 5.93. The minimum absolute atomic E-state index is 0.0179. The van der Waals surface area contributed by atoms with E-state index in [0.717, 1.165) is 13.0 Å². The number of hydrogen-bond acceptors (Lipinski definition) is 4. The molecule has 2 amide bonds. The quantitative estimate of drug-likeness (QED) is 0.442. The highest BCUT2D eigenvalue weighted by Gasteiger charge is 2.27. The third kappa shape index (κ3) is 4.70. The fourth-order valence-corrected chi connectivity index (χ4v) is 1.91. The third-order valence-corrected chi connectivity index (χ3v) is 2.85. The number of rotatable bonds is 7. The summed E-state index contributed by atoms with van der Waals surface area (Å²) in [6, 6.07) is -0.338. The van der Waals surface area contributed by atoms with Crippen molar-refractivity contribution in [2.24, 2.45) is 5.92 Å². The van der Waals surface area contributed by atoms with Crippen molar-refractivity contribution in [2.75, 3.05) is 26.2 Å². The van der Waals surface area contributed by atoms with Crippen molar-refractivity contribution >= 4 is 11.8 Å². The zero-order valence-corrected chi connectivity index (χ0v) is 10.2. The number of carbonyl (C=O) groups is 2. The summed E-state index contributed by atoms with van der Waals surface area (Å²) in [5, 5.41) is 17.5. The number of amides is 2. The number of aliphatic hydroxyl groups excluding tert-OH is 1. The molecule has 1 aliphatic rings. The molecule has 0 spiro atoms. The van der Waals surface area contributed by atoms with Gasteiger partial charge in [0.15, 0.2) is 0 Å². The molecular formula is C11H21N3O3. The molecule has 0 saturated carbocycles. The van der Waals surface area contributed by atoms with E-state index >= 15 is 0 Å². The van der Waals surface area contributed by atoms with Crippen LogP contribution in [0, 0.1) is 5.92 Å². The molecule has 0 unspecified atom stereocenters. The van der Waals surface area contributed by atoms with Crippen LogP contribution in [-0.4, -0.2) is 49.2 Å². The van der Waals surface area contributed by atoms with Gasteiger partial charge in [-0.1, -0.05) is 6.92 Å². The Morgan fingerprint density at radius 2 is 2.41 bits per heavy atom. The molecule has 17 heavy (non-hydrogen) atoms. The average molecular weight is 243 g/mol. The molecule has 6 nitrogen and oxygen atoms in total. The summed E-state index contributed by atoms with van der Waals surface area (Å²) in [6.45, 7) is 3.43. The predicted octanol–water partition coefficient (Wildman–Crippen LogP) is -1.40. The first-order valence-electron chi connectivity index (χ1n) is 6.06. The van der Waals surface area contributed by atoms with E-state index in [4.69, 9.17) is 0 Å². The maximum absolute atomic E-state index is 11.4. The normalized spacial score (nSPS) is 21.1. The number of aliphatic hydroxyl groups is 1. The van der Waals surface area contributed by atoms with Gasteiger partial charge in [-0.05, 0) is 19.4 Å². The van der Waals surface area contributed by atoms with Crippen LogP contribution < -0.4 is 16.0 Å². The van der Waals surface area contributed by atoms with Crippen LogP contribution in [0.3, 0.4) is 0 Å². The zero-order chi connectivity index (χ0) is 12.7. The summed E-state index contributed by atoms with van der Waals surface area (Å²) in [5.41, 5.74) is 0. The minimum atomic E-state index is -0.338. The molecule has 4 N–H and O–H groups in total. The summed E-state index contributed by atoms with van der Waals surface area (Å²) in [7, 11) is 0. The van der Waals surface area contributed by atoms with Crippen molar-refractivity contribution in [3.8, 4) is 0 Å². The van der Waals surface area contributed by atoms with Crippen molar-refractivity contribution in [1.29, 1.82) is 0 Å². The lowest BCUT2D eigenvalue weighted by atomic mass is 9.99. The average Bonchev–Trinajstić information content (AvgIpc) is 2.71. The monoisotopic (exact) mass is 243 g/mol. The molecule has 98 valence electrons. The van der Waals surface area contributed by atoms with E-state index in [9.17, 15) is 14.7 Å². The van der Waals surface area contributed by atoms with Gasteiger partial charge in [-0.25, -0.2) is 0 Å². The molecule has 0 aromatic carbocycles. The van der Waals surface area contributed by atoms with Gasteiger partial charge in [0.1, 0.15) is 0 Å². The van der Waals surface area contributed by atoms with Crippen LogP contribution in [0.4, 0.5) is 0 Å². The van der Waals surface area contributed by atoms with E-state index in [1.54, 1.807) is 0 Å². The van der Waals surface area contributed by atoms with E-state index in [1.165, 1.54) is 0 Å². The molecule has 0 aliphatic carbocycles. The van der Waals surface area contributed by atoms with Crippen LogP contribution in [0.2, 0.25) is 0 Å². The van der Waals surface area contributed by atoms with Crippen LogP contribution in [0.25, 0.3) is 0 Å². The minimum Gasteiger partial charge on any atom is -0.394 e. The molecule has 1 rings (SSSR count). The Morgan fingerprint density at radius 3 is 2.94 bits per heavy atom. The Bertz CT molecular complexity index is 271. The van der Waals surface area contributed by atoms with Gasteiger partial charge in [-0.2, -0.15) is 0 Å². The van der Waals surface area contributed by atoms with Gasteiger partial charge in [0.05, 0.1) is 19.2 Å². The molecule has 0 aromatic heterocycles. The smallest absolute Gasteiger partial charge is 0.234 e. The number of likely N-dealkylation sites (N-methyl/N-ethyl adjacent to an activating group) is 1. The number of hydrogen-bond donors (Lipinski definition) is 4. The summed E-state index contributed by atoms with van der Waals surface area (Å²) >= 11 is 0. The zero-order valence-electron chi connectivity index (χ0n) is 10.2. The standard InChI is InChI=1S/C11H21N3O3/c1-2-12-6-10(16)14-9(7-15)5-8-3-4-13-11(8)17/h8-9,12,15H,2-7H2,1H3,(H,13,17)(H,14,16)/t8-,9-/m1/s1. The van der Waals surface area contributed by atoms with Crippen molar-refractivity contribution in [1.82, 2.24) is 16.0 Å². The molecule has 1 saturated heterocycles. The topological polar surface area (TPSA) is 90.5 Å². The summed E-state index contributed by atoms with van der Waals surface area (Å²) in [6.07, 6.45) is 1.28. The molecule has 6 heteroatoms. The van der Waals surface area contributed by atoms with E-state index in [1.807, 2.05) is 6.92 Å². The van der Waals surface area contributed by atoms with Crippen molar-refractivity contribution in [2.45, 2.75) is 25.8 Å². The first kappa shape index (κ1) is 13.9. The van der Waals surface area contributed by atoms with Crippen LogP contribution in [0.15, 0.2) is 0 Å². The second kappa shape index (κ2) is 7.24. The van der Waals surface area contributed by atoms with Crippen LogP contribution in [0.5, 0.6) is 0 Å². The van der Waals surface area contributed by atoms with Crippen LogP contribution in [0.1, 0.15) is 19.8 Å². The van der Waals surface area contributed by atoms with Gasteiger partial charge < -0.3 is 21.1 Å². The summed E-state index contributed by atoms with van der Waals surface area (Å²) in [5.74, 6) is -0.222. The van der Waals surface area contributed by atoms with Gasteiger partial charge in [0.2, 0.25) is 11.8 Å². The molecule has 0 aromatic rings. The molecule has 0 radical (unpaired) electrons. The Labute approximate surface area is 101 Å². The Balaban J connectivity index is 2.32. The van der Waals surface area contributed by atoms with Crippen molar-refractivity contribution in [3.63, 3.8) is 0 Å². The highest BCUT2D eigenvalue weighted by molar-refractivity contribution is 5.81. The lowest BCUT2D eigenvalue weighted by Gasteiger charge is -2.18. The second-order valence-corrected chi connectivity index (χ2v) is 4.24. The molecular weight excluding hydrogens is 222 g/mol. The first-order valence-corrected chi connectivity index (χ1v) is 6.06. The Hall–Kier alpha value is -1.14. The number of nitrogens with one attached hydrogen (secondary N) is 3. The molecule has 1 aliphatic heterocycles. The van der Waals surface area contributed by atoms with E-state index in [0.29, 0.717) is 13.0 Å². The predicted molar refractivity (Wildman–Crippen MR) is 63.3 cm³/mol. The van der Waals surface area contributed by atoms with Crippen LogP contribution in [-0.2, 0) is 9.59 Å². The van der Waals surface area contributed by atoms with Gasteiger partial charge in [-0.3, -0.25) is 9.59 Å². The Morgan fingerprint density at radius 1 is 1.65 bits per heavy atom. The maximum Gasteiger partial charge on any atom is 0.234 e. The third-order valence-electron chi connectivity index (χ3n) is 2.85. The fraction of sp³-hybridized carbons (Fsp3) is 0.818. The molecule has 2 atom stereocenters. The SMILES string of the molecule is CCNCC(=O)N[C@@H](CO)C[C@H]1CCNC1=O. The fourth-order valence-electron chi connectivity index (χ4n) is 1.91. The van der Waals surface area contributed by atoms with E-state index < -0.39 is 0 Å². The molecule has 1 heterocycles. The lowest BCUT2D eigenvalue weighted by molar-refractivity contribution is -0.124. The highest BCUT2D eigenvalue weighted by Crippen LogP contribution is 2.15. The number of carbonyl (C=O) groups excluding carboxylic acids is 2.